The molecule has 0 saturated carbocycles. The first-order valence-corrected chi connectivity index (χ1v) is 9.49. The highest BCUT2D eigenvalue weighted by molar-refractivity contribution is 6.35. The van der Waals surface area contributed by atoms with Crippen molar-refractivity contribution in [2.24, 2.45) is 5.92 Å². The average molecular weight is 401 g/mol. The number of carbonyl (C=O) groups is 1. The summed E-state index contributed by atoms with van der Waals surface area (Å²) in [6.45, 7) is 1.21. The van der Waals surface area contributed by atoms with Gasteiger partial charge in [0.2, 0.25) is 0 Å². The summed E-state index contributed by atoms with van der Waals surface area (Å²) in [4.78, 5) is 26.6. The van der Waals surface area contributed by atoms with Crippen LogP contribution in [0.15, 0.2) is 35.1 Å². The number of carboxylic acids is 1. The van der Waals surface area contributed by atoms with E-state index in [-0.39, 0.29) is 12.0 Å². The van der Waals surface area contributed by atoms with Gasteiger partial charge in [0.1, 0.15) is 6.54 Å². The summed E-state index contributed by atoms with van der Waals surface area (Å²) >= 11 is 6.42. The largest absolute Gasteiger partial charge is 0.480 e. The standard InChI is InChI=1S/C21H21ClN2O4/c1-23(2)20-16(22)6-5-15-19(20)24(9-18(25)26)17-8-12(7-13-10-28-11-13)3-4-14(17)21(15)27/h3-6,8,13H,7,9-11H2,1-2H3,(H,25,26). The molecule has 28 heavy (non-hydrogen) atoms. The van der Waals surface area contributed by atoms with Gasteiger partial charge in [-0.3, -0.25) is 9.59 Å². The predicted molar refractivity (Wildman–Crippen MR) is 111 cm³/mol. The van der Waals surface area contributed by atoms with Gasteiger partial charge in [-0.15, -0.1) is 0 Å². The van der Waals surface area contributed by atoms with Crippen LogP contribution in [0, 0.1) is 5.92 Å². The van der Waals surface area contributed by atoms with E-state index in [0.29, 0.717) is 38.4 Å². The molecule has 2 heterocycles. The van der Waals surface area contributed by atoms with Crippen LogP contribution in [0.2, 0.25) is 5.02 Å². The molecule has 4 rings (SSSR count). The zero-order chi connectivity index (χ0) is 20.0. The molecule has 7 heteroatoms. The number of aromatic nitrogens is 1. The number of hydrogen-bond donors (Lipinski definition) is 1. The molecule has 1 fully saturated rings. The Morgan fingerprint density at radius 3 is 2.57 bits per heavy atom. The lowest BCUT2D eigenvalue weighted by Crippen LogP contribution is -2.29. The lowest BCUT2D eigenvalue weighted by Gasteiger charge is -2.26. The Morgan fingerprint density at radius 2 is 1.96 bits per heavy atom. The second kappa shape index (κ2) is 7.11. The minimum Gasteiger partial charge on any atom is -0.480 e. The number of pyridine rings is 1. The van der Waals surface area contributed by atoms with E-state index >= 15 is 0 Å². The molecule has 1 aliphatic heterocycles. The zero-order valence-corrected chi connectivity index (χ0v) is 16.5. The normalized spacial score (nSPS) is 14.4. The number of anilines is 1. The number of aliphatic carboxylic acids is 1. The van der Waals surface area contributed by atoms with Gasteiger partial charge in [-0.1, -0.05) is 17.7 Å². The summed E-state index contributed by atoms with van der Waals surface area (Å²) in [5, 5.41) is 11.0. The molecule has 146 valence electrons. The number of nitrogens with zero attached hydrogens (tertiary/aromatic N) is 2. The van der Waals surface area contributed by atoms with Crippen molar-refractivity contribution in [3.63, 3.8) is 0 Å². The van der Waals surface area contributed by atoms with E-state index in [4.69, 9.17) is 16.3 Å². The SMILES string of the molecule is CN(C)c1c(Cl)ccc2c(=O)c3ccc(CC4COC4)cc3n(CC(=O)O)c12. The van der Waals surface area contributed by atoms with Gasteiger partial charge in [0.25, 0.3) is 0 Å². The molecule has 0 spiro atoms. The molecule has 0 radical (unpaired) electrons. The maximum Gasteiger partial charge on any atom is 0.323 e. The molecular weight excluding hydrogens is 380 g/mol. The Morgan fingerprint density at radius 1 is 1.25 bits per heavy atom. The minimum absolute atomic E-state index is 0.120. The first-order valence-electron chi connectivity index (χ1n) is 9.11. The van der Waals surface area contributed by atoms with Gasteiger partial charge in [0.15, 0.2) is 5.43 Å². The number of ether oxygens (including phenoxy) is 1. The Bertz CT molecular complexity index is 1150. The van der Waals surface area contributed by atoms with Crippen LogP contribution in [-0.2, 0) is 22.5 Å². The number of halogens is 1. The van der Waals surface area contributed by atoms with Crippen molar-refractivity contribution in [2.45, 2.75) is 13.0 Å². The Labute approximate surface area is 166 Å². The van der Waals surface area contributed by atoms with Gasteiger partial charge in [-0.05, 0) is 36.2 Å². The van der Waals surface area contributed by atoms with Crippen molar-refractivity contribution in [1.29, 1.82) is 0 Å². The monoisotopic (exact) mass is 400 g/mol. The molecule has 6 nitrogen and oxygen atoms in total. The summed E-state index contributed by atoms with van der Waals surface area (Å²) < 4.78 is 6.94. The molecule has 1 N–H and O–H groups in total. The van der Waals surface area contributed by atoms with Gasteiger partial charge < -0.3 is 19.3 Å². The summed E-state index contributed by atoms with van der Waals surface area (Å²) in [5.74, 6) is -0.516. The lowest BCUT2D eigenvalue weighted by molar-refractivity contribution is -0.137. The van der Waals surface area contributed by atoms with E-state index in [2.05, 4.69) is 0 Å². The molecule has 3 aromatic rings. The third-order valence-electron chi connectivity index (χ3n) is 5.19. The third kappa shape index (κ3) is 3.12. The van der Waals surface area contributed by atoms with Crippen molar-refractivity contribution in [1.82, 2.24) is 4.57 Å². The zero-order valence-electron chi connectivity index (χ0n) is 15.7. The van der Waals surface area contributed by atoms with Crippen LogP contribution in [0.4, 0.5) is 5.69 Å². The van der Waals surface area contributed by atoms with Crippen molar-refractivity contribution < 1.29 is 14.6 Å². The van der Waals surface area contributed by atoms with Crippen molar-refractivity contribution in [2.75, 3.05) is 32.2 Å². The second-order valence-electron chi connectivity index (χ2n) is 7.45. The van der Waals surface area contributed by atoms with Gasteiger partial charge in [-0.25, -0.2) is 0 Å². The first kappa shape index (κ1) is 18.8. The molecule has 1 aliphatic rings. The van der Waals surface area contributed by atoms with Gasteiger partial charge in [0, 0.05) is 30.8 Å². The summed E-state index contributed by atoms with van der Waals surface area (Å²) in [5.41, 5.74) is 2.74. The fraction of sp³-hybridized carbons (Fsp3) is 0.333. The van der Waals surface area contributed by atoms with Crippen LogP contribution < -0.4 is 10.3 Å². The van der Waals surface area contributed by atoms with Crippen LogP contribution >= 0.6 is 11.6 Å². The van der Waals surface area contributed by atoms with Crippen molar-refractivity contribution >= 4 is 45.1 Å². The van der Waals surface area contributed by atoms with Crippen LogP contribution in [0.1, 0.15) is 5.56 Å². The van der Waals surface area contributed by atoms with Crippen LogP contribution in [0.5, 0.6) is 0 Å². The van der Waals surface area contributed by atoms with E-state index in [1.165, 1.54) is 0 Å². The summed E-state index contributed by atoms with van der Waals surface area (Å²) in [7, 11) is 3.65. The third-order valence-corrected chi connectivity index (χ3v) is 5.49. The number of benzene rings is 2. The average Bonchev–Trinajstić information content (AvgIpc) is 2.60. The Balaban J connectivity index is 2.08. The molecule has 0 unspecified atom stereocenters. The highest BCUT2D eigenvalue weighted by atomic mass is 35.5. The smallest absolute Gasteiger partial charge is 0.323 e. The highest BCUT2D eigenvalue weighted by Crippen LogP contribution is 2.34. The number of carboxylic acid groups (broad SMARTS) is 1. The molecule has 1 saturated heterocycles. The Kier molecular flexibility index (Phi) is 4.77. The van der Waals surface area contributed by atoms with E-state index in [1.807, 2.05) is 31.1 Å². The molecule has 0 bridgehead atoms. The van der Waals surface area contributed by atoms with Crippen LogP contribution in [-0.4, -0.2) is 43.0 Å². The van der Waals surface area contributed by atoms with E-state index < -0.39 is 5.97 Å². The maximum atomic E-state index is 13.2. The van der Waals surface area contributed by atoms with Gasteiger partial charge >= 0.3 is 5.97 Å². The number of rotatable bonds is 5. The molecular formula is C21H21ClN2O4. The quantitative estimate of drug-likeness (QED) is 0.666. The minimum atomic E-state index is -0.978. The first-order chi connectivity index (χ1) is 13.4. The van der Waals surface area contributed by atoms with E-state index in [9.17, 15) is 14.7 Å². The molecule has 0 amide bonds. The Hall–Kier alpha value is -2.57. The molecule has 0 aliphatic carbocycles. The molecule has 2 aromatic carbocycles. The lowest BCUT2D eigenvalue weighted by atomic mass is 9.96. The van der Waals surface area contributed by atoms with Crippen molar-refractivity contribution in [3.05, 3.63) is 51.1 Å². The fourth-order valence-corrected chi connectivity index (χ4v) is 4.18. The van der Waals surface area contributed by atoms with Crippen LogP contribution in [0.3, 0.4) is 0 Å². The topological polar surface area (TPSA) is 71.8 Å². The molecule has 0 atom stereocenters. The number of hydrogen-bond acceptors (Lipinski definition) is 4. The van der Waals surface area contributed by atoms with Crippen molar-refractivity contribution in [3.8, 4) is 0 Å². The molecule has 1 aromatic heterocycles. The predicted octanol–water partition coefficient (Wildman–Crippen LogP) is 3.15. The van der Waals surface area contributed by atoms with Gasteiger partial charge in [0.05, 0.1) is 35.0 Å². The summed E-state index contributed by atoms with van der Waals surface area (Å²) in [6, 6.07) is 9.03. The number of fused-ring (bicyclic) bond motifs is 2. The van der Waals surface area contributed by atoms with E-state index in [1.54, 1.807) is 22.8 Å². The maximum absolute atomic E-state index is 13.2. The highest BCUT2D eigenvalue weighted by Gasteiger charge is 2.21. The van der Waals surface area contributed by atoms with E-state index in [0.717, 1.165) is 25.2 Å². The van der Waals surface area contributed by atoms with Gasteiger partial charge in [-0.2, -0.15) is 0 Å². The second-order valence-corrected chi connectivity index (χ2v) is 7.86. The fourth-order valence-electron chi connectivity index (χ4n) is 3.86. The summed E-state index contributed by atoms with van der Waals surface area (Å²) in [6.07, 6.45) is 0.839. The van der Waals surface area contributed by atoms with Crippen LogP contribution in [0.25, 0.3) is 21.8 Å².